The third kappa shape index (κ3) is 3.10. The Morgan fingerprint density at radius 3 is 2.74 bits per heavy atom. The number of hydrogen-bond acceptors (Lipinski definition) is 4. The second kappa shape index (κ2) is 5.81. The van der Waals surface area contributed by atoms with Crippen molar-refractivity contribution < 1.29 is 24.1 Å². The smallest absolute Gasteiger partial charge is 0.321 e. The third-order valence-corrected chi connectivity index (χ3v) is 3.14. The van der Waals surface area contributed by atoms with Crippen LogP contribution in [0.4, 0.5) is 9.18 Å². The Labute approximate surface area is 106 Å². The van der Waals surface area contributed by atoms with Gasteiger partial charge in [-0.05, 0) is 6.92 Å². The van der Waals surface area contributed by atoms with Gasteiger partial charge in [-0.15, -0.1) is 0 Å². The summed E-state index contributed by atoms with van der Waals surface area (Å²) in [6.07, 6.45) is -2.10. The molecule has 8 heteroatoms. The van der Waals surface area contributed by atoms with Gasteiger partial charge in [0.2, 0.25) is 0 Å². The zero-order chi connectivity index (χ0) is 12.6. The number of aliphatic hydroxyl groups is 2. The first kappa shape index (κ1) is 17.1. The predicted octanol–water partition coefficient (Wildman–Crippen LogP) is 0.00589. The van der Waals surface area contributed by atoms with Gasteiger partial charge in [0, 0.05) is 19.4 Å². The molecule has 3 N–H and O–H groups in total. The largest absolute Gasteiger partial charge is 0.394 e. The van der Waals surface area contributed by atoms with Gasteiger partial charge in [-0.25, -0.2) is 9.18 Å². The SMILES string of the molecule is CC1(F)C[C@@H](CO)O[C@H]1N1CC[C@@H](O)NC1=O.[CH3-].[Md]. The summed E-state index contributed by atoms with van der Waals surface area (Å²) in [6.45, 7) is 1.31. The van der Waals surface area contributed by atoms with Crippen LogP contribution in [0.2, 0.25) is 0 Å². The molecular weight excluding hydrogens is 501 g/mol. The molecule has 4 atom stereocenters. The normalized spacial score (nSPS) is 38.2. The Morgan fingerprint density at radius 1 is 1.63 bits per heavy atom. The first-order valence-electron chi connectivity index (χ1n) is 5.64. The molecule has 0 saturated carbocycles. The van der Waals surface area contributed by atoms with Crippen LogP contribution in [0.1, 0.15) is 19.8 Å². The number of alkyl halides is 1. The fourth-order valence-corrected chi connectivity index (χ4v) is 2.31. The molecule has 0 aromatic heterocycles. The molecule has 2 fully saturated rings. The Morgan fingerprint density at radius 2 is 2.26 bits per heavy atom. The molecule has 119 valence electrons. The molecule has 0 bridgehead atoms. The molecule has 2 aliphatic rings. The number of nitrogens with one attached hydrogen (secondary N) is 1. The Balaban J connectivity index is 0.00000162. The molecule has 2 aliphatic heterocycles. The first-order chi connectivity index (χ1) is 7.94. The second-order valence-electron chi connectivity index (χ2n) is 4.72. The van der Waals surface area contributed by atoms with Gasteiger partial charge in [-0.1, -0.05) is 0 Å². The molecule has 19 heavy (non-hydrogen) atoms. The van der Waals surface area contributed by atoms with Crippen LogP contribution in [-0.4, -0.2) is 58.5 Å². The van der Waals surface area contributed by atoms with E-state index in [4.69, 9.17) is 9.84 Å². The topological polar surface area (TPSA) is 82.0 Å². The molecule has 2 rings (SSSR count). The Kier molecular flexibility index (Phi) is 5.23. The van der Waals surface area contributed by atoms with Crippen LogP contribution in [-0.2, 0) is 4.74 Å². The van der Waals surface area contributed by atoms with E-state index in [1.165, 1.54) is 11.8 Å². The number of urea groups is 1. The summed E-state index contributed by atoms with van der Waals surface area (Å²) < 4.78 is 19.6. The fourth-order valence-electron chi connectivity index (χ4n) is 2.31. The molecule has 6 nitrogen and oxygen atoms in total. The van der Waals surface area contributed by atoms with Gasteiger partial charge < -0.3 is 27.7 Å². The Bertz CT molecular complexity index is 319. The average Bonchev–Trinajstić information content (AvgIpc) is 2.54. The molecular formula is C11H20FMdN2O4-. The van der Waals surface area contributed by atoms with Gasteiger partial charge in [0.15, 0.2) is 11.9 Å². The van der Waals surface area contributed by atoms with Crippen LogP contribution in [0.25, 0.3) is 0 Å². The van der Waals surface area contributed by atoms with Crippen molar-refractivity contribution in [3.8, 4) is 0 Å². The number of nitrogens with zero attached hydrogens (tertiary/aromatic N) is 1. The molecule has 1 radical (unpaired) electrons. The first-order valence-corrected chi connectivity index (χ1v) is 5.64. The maximum Gasteiger partial charge on any atom is 0.321 e. The van der Waals surface area contributed by atoms with Crippen LogP contribution in [0.3, 0.4) is 0 Å². The van der Waals surface area contributed by atoms with Crippen molar-refractivity contribution in [2.75, 3.05) is 13.2 Å². The maximum atomic E-state index is 14.2. The van der Waals surface area contributed by atoms with E-state index in [-0.39, 0.29) is 27.0 Å². The van der Waals surface area contributed by atoms with E-state index < -0.39 is 30.3 Å². The average molecular weight is 521 g/mol. The number of carbonyl (C=O) groups is 1. The molecule has 2 heterocycles. The van der Waals surface area contributed by atoms with Crippen LogP contribution in [0.15, 0.2) is 0 Å². The van der Waals surface area contributed by atoms with E-state index in [0.717, 1.165) is 0 Å². The molecule has 2 saturated heterocycles. The van der Waals surface area contributed by atoms with E-state index in [2.05, 4.69) is 5.32 Å². The van der Waals surface area contributed by atoms with Gasteiger partial charge in [0.25, 0.3) is 0 Å². The standard InChI is InChI=1S/C10H17FN2O4.CH3.Md/c1-10(11)4-6(5-14)17-8(10)13-3-2-7(15)12-9(13)16;;/h6-8,14-15H,2-5H2,1H3,(H,12,16);1H3;/q;-1;/t6-,7+,8+,10?;;/m0../s1. The monoisotopic (exact) mass is 521 g/mol. The van der Waals surface area contributed by atoms with Crippen LogP contribution >= 0.6 is 0 Å². The van der Waals surface area contributed by atoms with Crippen molar-refractivity contribution >= 4 is 6.03 Å². The number of aliphatic hydroxyl groups excluding tert-OH is 2. The number of hydrogen-bond donors (Lipinski definition) is 3. The van der Waals surface area contributed by atoms with Crippen molar-refractivity contribution in [3.05, 3.63) is 7.43 Å². The van der Waals surface area contributed by atoms with Gasteiger partial charge >= 0.3 is 6.03 Å². The zero-order valence-electron chi connectivity index (χ0n) is 10.9. The molecule has 1 unspecified atom stereocenters. The van der Waals surface area contributed by atoms with E-state index in [9.17, 15) is 14.3 Å². The third-order valence-electron chi connectivity index (χ3n) is 3.14. The van der Waals surface area contributed by atoms with E-state index >= 15 is 0 Å². The molecule has 0 spiro atoms. The quantitative estimate of drug-likeness (QED) is 0.448. The molecule has 2 amide bonds. The number of carbonyl (C=O) groups excluding carboxylic acids is 1. The second-order valence-corrected chi connectivity index (χ2v) is 4.72. The van der Waals surface area contributed by atoms with Crippen LogP contribution in [0, 0.1) is 7.43 Å². The van der Waals surface area contributed by atoms with Gasteiger partial charge in [-0.2, -0.15) is 0 Å². The van der Waals surface area contributed by atoms with Gasteiger partial charge in [-0.3, -0.25) is 4.90 Å². The summed E-state index contributed by atoms with van der Waals surface area (Å²) >= 11 is 0. The zero-order valence-corrected chi connectivity index (χ0v) is 13.2. The minimum absolute atomic E-state index is 0. The summed E-state index contributed by atoms with van der Waals surface area (Å²) in [5, 5.41) is 20.5. The fraction of sp³-hybridized carbons (Fsp3) is 0.818. The molecule has 0 aliphatic carbocycles. The predicted molar refractivity (Wildman–Crippen MR) is 62.2 cm³/mol. The van der Waals surface area contributed by atoms with Crippen molar-refractivity contribution in [2.45, 2.75) is 44.0 Å². The summed E-state index contributed by atoms with van der Waals surface area (Å²) in [6, 6.07) is -0.545. The van der Waals surface area contributed by atoms with E-state index in [1.807, 2.05) is 0 Å². The minimum Gasteiger partial charge on any atom is -0.394 e. The van der Waals surface area contributed by atoms with Crippen molar-refractivity contribution in [1.82, 2.24) is 10.2 Å². The van der Waals surface area contributed by atoms with Crippen LogP contribution < -0.4 is 5.32 Å². The summed E-state index contributed by atoms with van der Waals surface area (Å²) in [4.78, 5) is 12.8. The number of ether oxygens (including phenoxy) is 1. The minimum atomic E-state index is -1.69. The molecule has 0 aromatic carbocycles. The maximum absolute atomic E-state index is 14.2. The van der Waals surface area contributed by atoms with Crippen molar-refractivity contribution in [3.63, 3.8) is 0 Å². The Hall–Kier alpha value is -1.92. The number of rotatable bonds is 2. The summed E-state index contributed by atoms with van der Waals surface area (Å²) in [5.74, 6) is 0. The number of halogens is 1. The van der Waals surface area contributed by atoms with Crippen LogP contribution in [0.5, 0.6) is 0 Å². The van der Waals surface area contributed by atoms with E-state index in [1.54, 1.807) is 0 Å². The van der Waals surface area contributed by atoms with E-state index in [0.29, 0.717) is 6.42 Å². The van der Waals surface area contributed by atoms with Crippen molar-refractivity contribution in [2.24, 2.45) is 0 Å². The number of amides is 2. The van der Waals surface area contributed by atoms with Crippen molar-refractivity contribution in [1.29, 1.82) is 0 Å². The van der Waals surface area contributed by atoms with Gasteiger partial charge in [0.05, 0.1) is 12.7 Å². The summed E-state index contributed by atoms with van der Waals surface area (Å²) in [5.41, 5.74) is -1.69. The molecule has 0 aromatic rings. The van der Waals surface area contributed by atoms with Gasteiger partial charge in [0.1, 0.15) is 6.23 Å². The summed E-state index contributed by atoms with van der Waals surface area (Å²) in [7, 11) is 0.